The molecule has 0 saturated heterocycles. The molecule has 2 heterocycles. The maximum Gasteiger partial charge on any atom is 0.123 e. The summed E-state index contributed by atoms with van der Waals surface area (Å²) in [5.41, 5.74) is 7.65. The Morgan fingerprint density at radius 3 is 2.75 bits per heavy atom. The molecule has 0 saturated carbocycles. The maximum absolute atomic E-state index is 13.1. The fraction of sp³-hybridized carbons (Fsp3) is 0.267. The van der Waals surface area contributed by atoms with Crippen molar-refractivity contribution in [3.05, 3.63) is 52.5 Å². The van der Waals surface area contributed by atoms with Crippen molar-refractivity contribution in [1.29, 1.82) is 0 Å². The molecule has 104 valence electrons. The third-order valence-corrected chi connectivity index (χ3v) is 4.34. The van der Waals surface area contributed by atoms with Crippen molar-refractivity contribution in [2.24, 2.45) is 10.8 Å². The number of hydrogen-bond donors (Lipinski definition) is 1. The van der Waals surface area contributed by atoms with E-state index >= 15 is 0 Å². The van der Waals surface area contributed by atoms with E-state index in [1.807, 2.05) is 11.1 Å². The molecular weight excluding hydrogens is 273 g/mol. The summed E-state index contributed by atoms with van der Waals surface area (Å²) >= 11 is 1.72. The molecule has 0 bridgehead atoms. The topological polar surface area (TPSA) is 41.6 Å². The molecule has 1 atom stereocenters. The fourth-order valence-electron chi connectivity index (χ4n) is 2.42. The summed E-state index contributed by atoms with van der Waals surface area (Å²) < 4.78 is 13.1. The first kappa shape index (κ1) is 13.3. The van der Waals surface area contributed by atoms with Crippen LogP contribution in [0.3, 0.4) is 0 Å². The molecule has 1 unspecified atom stereocenters. The van der Waals surface area contributed by atoms with E-state index < -0.39 is 0 Å². The van der Waals surface area contributed by atoms with Crippen LogP contribution in [0.2, 0.25) is 0 Å². The van der Waals surface area contributed by atoms with Gasteiger partial charge in [-0.05, 0) is 48.7 Å². The van der Waals surface area contributed by atoms with Crippen molar-refractivity contribution in [3.63, 3.8) is 0 Å². The van der Waals surface area contributed by atoms with E-state index in [0.717, 1.165) is 24.2 Å². The van der Waals surface area contributed by atoms with Crippen LogP contribution in [-0.4, -0.2) is 12.3 Å². The van der Waals surface area contributed by atoms with Crippen LogP contribution in [-0.2, 0) is 0 Å². The minimum atomic E-state index is -0.230. The van der Waals surface area contributed by atoms with Crippen molar-refractivity contribution in [1.82, 2.24) is 0 Å². The molecule has 2 aromatic rings. The van der Waals surface area contributed by atoms with Crippen LogP contribution in [0.5, 0.6) is 0 Å². The number of hydrogen-bond acceptors (Lipinski definition) is 4. The zero-order chi connectivity index (χ0) is 13.9. The van der Waals surface area contributed by atoms with Gasteiger partial charge >= 0.3 is 0 Å². The quantitative estimate of drug-likeness (QED) is 0.935. The predicted molar refractivity (Wildman–Crippen MR) is 81.7 cm³/mol. The van der Waals surface area contributed by atoms with Gasteiger partial charge in [-0.15, -0.1) is 11.3 Å². The number of benzene rings is 1. The second-order valence-corrected chi connectivity index (χ2v) is 5.74. The van der Waals surface area contributed by atoms with Gasteiger partial charge < -0.3 is 5.73 Å². The standard InChI is InChI=1S/C15H16FN3S/c16-11-3-5-13(6-4-11)19-14(15-2-1-9-20-15)10-12(18-19)7-8-17/h1-6,9,14H,7-8,10,17H2. The largest absolute Gasteiger partial charge is 0.330 e. The SMILES string of the molecule is NCCC1=NN(c2ccc(F)cc2)C(c2cccs2)C1. The highest BCUT2D eigenvalue weighted by atomic mass is 32.1. The third-order valence-electron chi connectivity index (χ3n) is 3.37. The first-order valence-corrected chi connectivity index (χ1v) is 7.50. The molecule has 0 fully saturated rings. The number of hydrazone groups is 1. The normalized spacial score (nSPS) is 18.4. The van der Waals surface area contributed by atoms with E-state index in [9.17, 15) is 4.39 Å². The van der Waals surface area contributed by atoms with Crippen molar-refractivity contribution >= 4 is 22.7 Å². The summed E-state index contributed by atoms with van der Waals surface area (Å²) in [6.07, 6.45) is 1.69. The minimum absolute atomic E-state index is 0.196. The lowest BCUT2D eigenvalue weighted by molar-refractivity contribution is 0.626. The van der Waals surface area contributed by atoms with E-state index in [-0.39, 0.29) is 11.9 Å². The molecule has 20 heavy (non-hydrogen) atoms. The van der Waals surface area contributed by atoms with Gasteiger partial charge in [-0.3, -0.25) is 5.01 Å². The third kappa shape index (κ3) is 2.59. The van der Waals surface area contributed by atoms with Crippen molar-refractivity contribution < 1.29 is 4.39 Å². The summed E-state index contributed by atoms with van der Waals surface area (Å²) in [6, 6.07) is 10.8. The van der Waals surface area contributed by atoms with Crippen molar-refractivity contribution in [2.75, 3.05) is 11.6 Å². The highest BCUT2D eigenvalue weighted by Gasteiger charge is 2.29. The molecule has 3 rings (SSSR count). The Labute approximate surface area is 121 Å². The Morgan fingerprint density at radius 2 is 2.10 bits per heavy atom. The van der Waals surface area contributed by atoms with Gasteiger partial charge in [0, 0.05) is 17.0 Å². The van der Waals surface area contributed by atoms with Gasteiger partial charge in [0.05, 0.1) is 11.7 Å². The fourth-order valence-corrected chi connectivity index (χ4v) is 3.24. The first-order chi connectivity index (χ1) is 9.78. The number of rotatable bonds is 4. The molecule has 1 aromatic carbocycles. The molecule has 0 amide bonds. The predicted octanol–water partition coefficient (Wildman–Crippen LogP) is 3.54. The van der Waals surface area contributed by atoms with Gasteiger partial charge in [0.15, 0.2) is 0 Å². The number of nitrogens with two attached hydrogens (primary N) is 1. The number of nitrogens with zero attached hydrogens (tertiary/aromatic N) is 2. The summed E-state index contributed by atoms with van der Waals surface area (Å²) in [6.45, 7) is 0.604. The van der Waals surface area contributed by atoms with E-state index in [1.54, 1.807) is 23.5 Å². The molecule has 0 radical (unpaired) electrons. The Hall–Kier alpha value is -1.72. The van der Waals surface area contributed by atoms with Gasteiger partial charge in [0.25, 0.3) is 0 Å². The number of halogens is 1. The molecule has 1 aliphatic heterocycles. The van der Waals surface area contributed by atoms with E-state index in [4.69, 9.17) is 5.73 Å². The van der Waals surface area contributed by atoms with Crippen LogP contribution in [0.15, 0.2) is 46.9 Å². The van der Waals surface area contributed by atoms with Crippen LogP contribution < -0.4 is 10.7 Å². The Kier molecular flexibility index (Phi) is 3.80. The van der Waals surface area contributed by atoms with Gasteiger partial charge in [0.2, 0.25) is 0 Å². The molecule has 1 aliphatic rings. The van der Waals surface area contributed by atoms with Crippen molar-refractivity contribution in [3.8, 4) is 0 Å². The van der Waals surface area contributed by atoms with Gasteiger partial charge in [-0.1, -0.05) is 6.07 Å². The zero-order valence-corrected chi connectivity index (χ0v) is 11.8. The Morgan fingerprint density at radius 1 is 1.30 bits per heavy atom. The van der Waals surface area contributed by atoms with Gasteiger partial charge in [0.1, 0.15) is 5.82 Å². The number of thiophene rings is 1. The number of anilines is 1. The van der Waals surface area contributed by atoms with Gasteiger partial charge in [-0.2, -0.15) is 5.10 Å². The Bertz CT molecular complexity index is 592. The smallest absolute Gasteiger partial charge is 0.123 e. The molecule has 0 spiro atoms. The molecule has 2 N–H and O–H groups in total. The van der Waals surface area contributed by atoms with Crippen LogP contribution in [0, 0.1) is 5.82 Å². The van der Waals surface area contributed by atoms with E-state index in [2.05, 4.69) is 16.5 Å². The maximum atomic E-state index is 13.1. The highest BCUT2D eigenvalue weighted by molar-refractivity contribution is 7.10. The molecule has 3 nitrogen and oxygen atoms in total. The monoisotopic (exact) mass is 289 g/mol. The van der Waals surface area contributed by atoms with Gasteiger partial charge in [-0.25, -0.2) is 4.39 Å². The second kappa shape index (κ2) is 5.73. The van der Waals surface area contributed by atoms with E-state index in [0.29, 0.717) is 6.54 Å². The minimum Gasteiger partial charge on any atom is -0.330 e. The zero-order valence-electron chi connectivity index (χ0n) is 11.0. The summed E-state index contributed by atoms with van der Waals surface area (Å²) in [4.78, 5) is 1.27. The van der Waals surface area contributed by atoms with Crippen LogP contribution >= 0.6 is 11.3 Å². The summed E-state index contributed by atoms with van der Waals surface area (Å²) in [5, 5.41) is 8.72. The van der Waals surface area contributed by atoms with Crippen LogP contribution in [0.1, 0.15) is 23.8 Å². The first-order valence-electron chi connectivity index (χ1n) is 6.62. The average molecular weight is 289 g/mol. The van der Waals surface area contributed by atoms with Crippen LogP contribution in [0.4, 0.5) is 10.1 Å². The lowest BCUT2D eigenvalue weighted by atomic mass is 10.1. The van der Waals surface area contributed by atoms with Crippen LogP contribution in [0.25, 0.3) is 0 Å². The summed E-state index contributed by atoms with van der Waals surface area (Å²) in [5.74, 6) is -0.230. The molecule has 1 aromatic heterocycles. The van der Waals surface area contributed by atoms with Crippen molar-refractivity contribution in [2.45, 2.75) is 18.9 Å². The molecule has 5 heteroatoms. The lowest BCUT2D eigenvalue weighted by Crippen LogP contribution is -2.17. The lowest BCUT2D eigenvalue weighted by Gasteiger charge is -2.22. The highest BCUT2D eigenvalue weighted by Crippen LogP contribution is 2.37. The molecular formula is C15H16FN3S. The Balaban J connectivity index is 1.92. The molecule has 0 aliphatic carbocycles. The summed E-state index contributed by atoms with van der Waals surface area (Å²) in [7, 11) is 0. The second-order valence-electron chi connectivity index (χ2n) is 4.76. The van der Waals surface area contributed by atoms with E-state index in [1.165, 1.54) is 17.0 Å². The average Bonchev–Trinajstić information content (AvgIpc) is 3.08.